The quantitative estimate of drug-likeness (QED) is 0.0762. The summed E-state index contributed by atoms with van der Waals surface area (Å²) in [6.45, 7) is 20.5. The molecule has 312 valence electrons. The second-order valence-electron chi connectivity index (χ2n) is 18.3. The largest absolute Gasteiger partial charge is 0.402 e. The lowest BCUT2D eigenvalue weighted by atomic mass is 9.85. The van der Waals surface area contributed by atoms with Gasteiger partial charge in [-0.3, -0.25) is 0 Å². The van der Waals surface area contributed by atoms with Crippen LogP contribution in [0.1, 0.15) is 114 Å². The van der Waals surface area contributed by atoms with Crippen LogP contribution >= 0.6 is 0 Å². The number of hydrogen-bond donors (Lipinski definition) is 4. The molecule has 0 saturated carbocycles. The fourth-order valence-electron chi connectivity index (χ4n) is 8.59. The monoisotopic (exact) mass is 852 g/mol. The third-order valence-corrected chi connectivity index (χ3v) is 12.7. The van der Waals surface area contributed by atoms with E-state index in [1.54, 1.807) is 24.3 Å². The molecule has 5 heterocycles. The topological polar surface area (TPSA) is 63.2 Å². The van der Waals surface area contributed by atoms with Crippen LogP contribution in [0.4, 0.5) is 26.3 Å². The summed E-state index contributed by atoms with van der Waals surface area (Å²) in [6.07, 6.45) is -9.41. The summed E-state index contributed by atoms with van der Waals surface area (Å²) >= 11 is 0. The molecule has 0 spiro atoms. The number of aromatic nitrogens is 4. The highest BCUT2D eigenvalue weighted by molar-refractivity contribution is 6.84. The molecule has 0 radical (unpaired) electrons. The van der Waals surface area contributed by atoms with Gasteiger partial charge in [0.25, 0.3) is 0 Å². The molecule has 12 heteroatoms. The fourth-order valence-corrected chi connectivity index (χ4v) is 9.63. The van der Waals surface area contributed by atoms with E-state index in [4.69, 9.17) is 0 Å². The van der Waals surface area contributed by atoms with Crippen molar-refractivity contribution >= 4 is 16.1 Å². The van der Waals surface area contributed by atoms with E-state index in [0.29, 0.717) is 22.8 Å². The standard InChI is InChI=1S/C48H50F6N4Si2/c1-27-23-31(19-21-59(5,6)7)24-28(2)41(27)43-33-11-15-37(55-33)45(47(49,50)51)39-17-13-35(57-39)44(42-29(3)25-32(26-30(42)4)20-22-60(8,9)10)36-14-18-40(58-36)46(48(52,53)54)38-16-12-34(43)56-38/h11-18,23-26,43-46,55-58H,1-10H3. The molecule has 4 nitrogen and oxygen atoms in total. The highest BCUT2D eigenvalue weighted by atomic mass is 28.3. The van der Waals surface area contributed by atoms with E-state index in [1.165, 1.54) is 24.3 Å². The molecule has 0 unspecified atom stereocenters. The summed E-state index contributed by atoms with van der Waals surface area (Å²) in [4.78, 5) is 12.5. The van der Waals surface area contributed by atoms with Gasteiger partial charge in [-0.25, -0.2) is 0 Å². The Balaban J connectivity index is 1.46. The molecular formula is C48H50F6N4Si2. The number of H-pyrrole nitrogens is 4. The molecule has 60 heavy (non-hydrogen) atoms. The number of aromatic amines is 4. The lowest BCUT2D eigenvalue weighted by Gasteiger charge is -2.24. The minimum Gasteiger partial charge on any atom is -0.361 e. The molecule has 0 amide bonds. The molecule has 4 N–H and O–H groups in total. The molecule has 0 fully saturated rings. The van der Waals surface area contributed by atoms with Gasteiger partial charge in [0.05, 0.1) is 11.8 Å². The summed E-state index contributed by atoms with van der Waals surface area (Å²) in [5, 5.41) is 0. The number of fused-ring (bicyclic) bond motifs is 8. The summed E-state index contributed by atoms with van der Waals surface area (Å²) in [5.41, 5.74) is 14.4. The van der Waals surface area contributed by atoms with E-state index in [0.717, 1.165) is 44.5 Å². The Labute approximate surface area is 350 Å². The van der Waals surface area contributed by atoms with E-state index in [9.17, 15) is 0 Å². The van der Waals surface area contributed by atoms with Crippen LogP contribution in [0.25, 0.3) is 0 Å². The number of alkyl halides is 6. The van der Waals surface area contributed by atoms with Crippen molar-refractivity contribution in [3.63, 3.8) is 0 Å². The van der Waals surface area contributed by atoms with Crippen LogP contribution < -0.4 is 0 Å². The molecule has 0 atom stereocenters. The number of aryl methyl sites for hydroxylation is 4. The van der Waals surface area contributed by atoms with Crippen LogP contribution in [0, 0.1) is 50.6 Å². The van der Waals surface area contributed by atoms with Gasteiger partial charge in [-0.1, -0.05) is 51.1 Å². The first kappa shape index (κ1) is 42.8. The average Bonchev–Trinajstić information content (AvgIpc) is 3.94. The van der Waals surface area contributed by atoms with Crippen LogP contribution in [-0.2, 0) is 0 Å². The van der Waals surface area contributed by atoms with Crippen molar-refractivity contribution in [1.29, 1.82) is 0 Å². The smallest absolute Gasteiger partial charge is 0.361 e. The summed E-state index contributed by atoms with van der Waals surface area (Å²) in [7, 11) is -3.42. The number of rotatable bonds is 2. The third kappa shape index (κ3) is 8.77. The predicted molar refractivity (Wildman–Crippen MR) is 233 cm³/mol. The zero-order chi connectivity index (χ0) is 43.7. The molecule has 8 bridgehead atoms. The van der Waals surface area contributed by atoms with Gasteiger partial charge in [0.15, 0.2) is 0 Å². The zero-order valence-corrected chi connectivity index (χ0v) is 37.5. The van der Waals surface area contributed by atoms with E-state index >= 15 is 26.3 Å². The Morgan fingerprint density at radius 3 is 0.867 bits per heavy atom. The van der Waals surface area contributed by atoms with Crippen molar-refractivity contribution in [2.24, 2.45) is 0 Å². The molecule has 7 rings (SSSR count). The Bertz CT molecular complexity index is 2390. The van der Waals surface area contributed by atoms with Crippen molar-refractivity contribution in [3.8, 4) is 22.9 Å². The van der Waals surface area contributed by atoms with Gasteiger partial charge >= 0.3 is 12.4 Å². The number of hydrogen-bond acceptors (Lipinski definition) is 0. The van der Waals surface area contributed by atoms with E-state index < -0.39 is 52.2 Å². The van der Waals surface area contributed by atoms with Gasteiger partial charge in [-0.2, -0.15) is 26.3 Å². The number of benzene rings is 2. The highest BCUT2D eigenvalue weighted by Crippen LogP contribution is 2.46. The van der Waals surface area contributed by atoms with Crippen LogP contribution in [-0.4, -0.2) is 48.4 Å². The Kier molecular flexibility index (Phi) is 10.9. The predicted octanol–water partition coefficient (Wildman–Crippen LogP) is 12.8. The normalized spacial score (nSPS) is 18.4. The summed E-state index contributed by atoms with van der Waals surface area (Å²) < 4.78 is 92.4. The fraction of sp³-hybridized carbons (Fsp3) is 0.333. The van der Waals surface area contributed by atoms with Crippen LogP contribution in [0.3, 0.4) is 0 Å². The molecule has 4 aromatic heterocycles. The van der Waals surface area contributed by atoms with E-state index in [-0.39, 0.29) is 22.8 Å². The number of halogens is 6. The summed E-state index contributed by atoms with van der Waals surface area (Å²) in [5.74, 6) is 0.969. The zero-order valence-electron chi connectivity index (χ0n) is 35.5. The van der Waals surface area contributed by atoms with Gasteiger partial charge in [0.1, 0.15) is 28.0 Å². The second-order valence-corrected chi connectivity index (χ2v) is 27.8. The van der Waals surface area contributed by atoms with Crippen molar-refractivity contribution < 1.29 is 26.3 Å². The van der Waals surface area contributed by atoms with Crippen molar-refractivity contribution in [1.82, 2.24) is 19.9 Å². The molecule has 6 aromatic rings. The first-order valence-corrected chi connectivity index (χ1v) is 27.1. The molecule has 0 saturated heterocycles. The lowest BCUT2D eigenvalue weighted by molar-refractivity contribution is -0.143. The maximum absolute atomic E-state index is 15.4. The lowest BCUT2D eigenvalue weighted by Crippen LogP contribution is -2.24. The van der Waals surface area contributed by atoms with Crippen molar-refractivity contribution in [2.45, 2.75) is 103 Å². The Morgan fingerprint density at radius 1 is 0.417 bits per heavy atom. The Hall–Kier alpha value is -5.31. The molecular weight excluding hydrogens is 803 g/mol. The van der Waals surface area contributed by atoms with Gasteiger partial charge < -0.3 is 19.9 Å². The van der Waals surface area contributed by atoms with Crippen LogP contribution in [0.15, 0.2) is 72.8 Å². The maximum atomic E-state index is 15.4. The molecule has 2 aromatic carbocycles. The minimum absolute atomic E-state index is 0.0905. The first-order valence-electron chi connectivity index (χ1n) is 20.1. The van der Waals surface area contributed by atoms with Crippen LogP contribution in [0.5, 0.6) is 0 Å². The number of nitrogens with one attached hydrogen (secondary N) is 4. The third-order valence-electron chi connectivity index (χ3n) is 11.0. The minimum atomic E-state index is -4.70. The van der Waals surface area contributed by atoms with E-state index in [1.807, 2.05) is 52.0 Å². The molecule has 1 aliphatic rings. The van der Waals surface area contributed by atoms with Crippen LogP contribution in [0.2, 0.25) is 39.3 Å². The van der Waals surface area contributed by atoms with Crippen molar-refractivity contribution in [3.05, 3.63) is 163 Å². The van der Waals surface area contributed by atoms with Crippen molar-refractivity contribution in [2.75, 3.05) is 0 Å². The first-order chi connectivity index (χ1) is 27.9. The van der Waals surface area contributed by atoms with Gasteiger partial charge in [0.2, 0.25) is 0 Å². The SMILES string of the molecule is Cc1cc(C#C[Si](C)(C)C)cc(C)c1C1c2ccc([nH]2)C(C(F)(F)F)c2ccc([nH]2)C(c2c(C)cc(C#C[Si](C)(C)C)cc2C)c2ccc([nH]2)C(C(F)(F)F)c2ccc1[nH]2. The second kappa shape index (κ2) is 15.3. The average molecular weight is 853 g/mol. The highest BCUT2D eigenvalue weighted by Gasteiger charge is 2.46. The summed E-state index contributed by atoms with van der Waals surface area (Å²) in [6, 6.07) is 19.9. The van der Waals surface area contributed by atoms with Gasteiger partial charge in [-0.05, 0) is 134 Å². The van der Waals surface area contributed by atoms with Gasteiger partial charge in [0, 0.05) is 56.7 Å². The van der Waals surface area contributed by atoms with E-state index in [2.05, 4.69) is 82.1 Å². The Morgan fingerprint density at radius 2 is 0.650 bits per heavy atom. The molecule has 0 aliphatic carbocycles. The van der Waals surface area contributed by atoms with Gasteiger partial charge in [-0.15, -0.1) is 11.1 Å². The maximum Gasteiger partial charge on any atom is 0.402 e. The molecule has 1 aliphatic heterocycles.